The number of hydrogen-bond donors (Lipinski definition) is 2. The molecule has 1 aliphatic rings. The largest absolute Gasteiger partial charge is 0.495 e. The first kappa shape index (κ1) is 16.5. The van der Waals surface area contributed by atoms with Crippen molar-refractivity contribution in [2.75, 3.05) is 26.7 Å². The molecule has 118 valence electrons. The van der Waals surface area contributed by atoms with E-state index in [4.69, 9.17) is 16.3 Å². The van der Waals surface area contributed by atoms with Crippen LogP contribution in [-0.2, 0) is 10.0 Å². The highest BCUT2D eigenvalue weighted by Gasteiger charge is 2.28. The molecular weight excluding hydrogens is 312 g/mol. The van der Waals surface area contributed by atoms with E-state index in [1.54, 1.807) is 6.07 Å². The highest BCUT2D eigenvalue weighted by atomic mass is 35.5. The molecule has 0 spiro atoms. The van der Waals surface area contributed by atoms with Crippen molar-refractivity contribution in [3.8, 4) is 5.75 Å². The SMILES string of the molecule is COc1ccc(S(=O)(=O)NCC2(C)CCCNC2)cc1Cl. The molecule has 1 atom stereocenters. The lowest BCUT2D eigenvalue weighted by Crippen LogP contribution is -2.45. The van der Waals surface area contributed by atoms with Gasteiger partial charge in [0, 0.05) is 13.1 Å². The predicted octanol–water partition coefficient (Wildman–Crippen LogP) is 2.02. The lowest BCUT2D eigenvalue weighted by Gasteiger charge is -2.34. The average molecular weight is 333 g/mol. The van der Waals surface area contributed by atoms with E-state index in [9.17, 15) is 8.42 Å². The molecule has 0 saturated carbocycles. The number of hydrogen-bond acceptors (Lipinski definition) is 4. The van der Waals surface area contributed by atoms with Crippen molar-refractivity contribution >= 4 is 21.6 Å². The summed E-state index contributed by atoms with van der Waals surface area (Å²) in [5.74, 6) is 0.457. The summed E-state index contributed by atoms with van der Waals surface area (Å²) in [6.07, 6.45) is 2.07. The van der Waals surface area contributed by atoms with E-state index >= 15 is 0 Å². The molecule has 1 aromatic carbocycles. The van der Waals surface area contributed by atoms with Crippen molar-refractivity contribution < 1.29 is 13.2 Å². The van der Waals surface area contributed by atoms with Crippen LogP contribution in [0.5, 0.6) is 5.75 Å². The molecule has 0 aliphatic carbocycles. The van der Waals surface area contributed by atoms with Gasteiger partial charge in [0.2, 0.25) is 10.0 Å². The van der Waals surface area contributed by atoms with Gasteiger partial charge in [-0.2, -0.15) is 0 Å². The maximum atomic E-state index is 12.3. The molecule has 2 rings (SSSR count). The molecule has 0 aromatic heterocycles. The van der Waals surface area contributed by atoms with Gasteiger partial charge in [0.05, 0.1) is 17.0 Å². The first-order valence-electron chi connectivity index (χ1n) is 6.90. The minimum absolute atomic E-state index is 0.0540. The Labute approximate surface area is 131 Å². The smallest absolute Gasteiger partial charge is 0.240 e. The molecule has 1 aromatic rings. The van der Waals surface area contributed by atoms with Crippen molar-refractivity contribution in [1.29, 1.82) is 0 Å². The minimum atomic E-state index is -3.56. The topological polar surface area (TPSA) is 67.4 Å². The van der Waals surface area contributed by atoms with Crippen molar-refractivity contribution in [3.63, 3.8) is 0 Å². The fourth-order valence-electron chi connectivity index (χ4n) is 2.44. The van der Waals surface area contributed by atoms with Gasteiger partial charge in [-0.05, 0) is 43.0 Å². The van der Waals surface area contributed by atoms with Crippen LogP contribution in [0.25, 0.3) is 0 Å². The zero-order chi connectivity index (χ0) is 15.5. The standard InChI is InChI=1S/C14H21ClN2O3S/c1-14(6-3-7-16-9-14)10-17-21(18,19)11-4-5-13(20-2)12(15)8-11/h4-5,8,16-17H,3,6-7,9-10H2,1-2H3. The Morgan fingerprint density at radius 1 is 1.48 bits per heavy atom. The summed E-state index contributed by atoms with van der Waals surface area (Å²) >= 11 is 5.98. The third-order valence-corrected chi connectivity index (χ3v) is 5.50. The molecule has 1 fully saturated rings. The number of sulfonamides is 1. The van der Waals surface area contributed by atoms with Gasteiger partial charge in [-0.25, -0.2) is 13.1 Å². The Morgan fingerprint density at radius 2 is 2.24 bits per heavy atom. The van der Waals surface area contributed by atoms with E-state index in [0.717, 1.165) is 25.9 Å². The van der Waals surface area contributed by atoms with Gasteiger partial charge in [0.15, 0.2) is 0 Å². The third-order valence-electron chi connectivity index (χ3n) is 3.81. The van der Waals surface area contributed by atoms with Crippen LogP contribution in [0, 0.1) is 5.41 Å². The van der Waals surface area contributed by atoms with E-state index in [1.165, 1.54) is 19.2 Å². The first-order chi connectivity index (χ1) is 9.86. The van der Waals surface area contributed by atoms with Crippen LogP contribution in [-0.4, -0.2) is 35.2 Å². The van der Waals surface area contributed by atoms with Crippen molar-refractivity contribution in [3.05, 3.63) is 23.2 Å². The Balaban J connectivity index is 2.09. The Bertz CT molecular complexity index is 598. The monoisotopic (exact) mass is 332 g/mol. The highest BCUT2D eigenvalue weighted by molar-refractivity contribution is 7.89. The lowest BCUT2D eigenvalue weighted by atomic mass is 9.83. The highest BCUT2D eigenvalue weighted by Crippen LogP contribution is 2.28. The summed E-state index contributed by atoms with van der Waals surface area (Å²) in [4.78, 5) is 0.153. The van der Waals surface area contributed by atoms with Gasteiger partial charge in [-0.15, -0.1) is 0 Å². The summed E-state index contributed by atoms with van der Waals surface area (Å²) in [5.41, 5.74) is -0.0540. The van der Waals surface area contributed by atoms with Gasteiger partial charge in [0.25, 0.3) is 0 Å². The van der Waals surface area contributed by atoms with Crippen LogP contribution < -0.4 is 14.8 Å². The van der Waals surface area contributed by atoms with Crippen LogP contribution in [0.3, 0.4) is 0 Å². The van der Waals surface area contributed by atoms with Gasteiger partial charge in [-0.3, -0.25) is 0 Å². The van der Waals surface area contributed by atoms with Crippen LogP contribution >= 0.6 is 11.6 Å². The molecule has 0 radical (unpaired) electrons. The Kier molecular flexibility index (Phi) is 5.14. The maximum absolute atomic E-state index is 12.3. The number of benzene rings is 1. The number of halogens is 1. The normalized spacial score (nSPS) is 23.0. The van der Waals surface area contributed by atoms with Crippen LogP contribution in [0.15, 0.2) is 23.1 Å². The number of nitrogens with one attached hydrogen (secondary N) is 2. The van der Waals surface area contributed by atoms with E-state index in [-0.39, 0.29) is 15.3 Å². The van der Waals surface area contributed by atoms with Gasteiger partial charge in [0.1, 0.15) is 5.75 Å². The van der Waals surface area contributed by atoms with Gasteiger partial charge in [-0.1, -0.05) is 18.5 Å². The third kappa shape index (κ3) is 4.10. The number of ether oxygens (including phenoxy) is 1. The molecule has 1 saturated heterocycles. The van der Waals surface area contributed by atoms with E-state index in [1.807, 2.05) is 0 Å². The average Bonchev–Trinajstić information content (AvgIpc) is 2.46. The van der Waals surface area contributed by atoms with Gasteiger partial charge >= 0.3 is 0 Å². The van der Waals surface area contributed by atoms with Crippen molar-refractivity contribution in [1.82, 2.24) is 10.0 Å². The lowest BCUT2D eigenvalue weighted by molar-refractivity contribution is 0.238. The summed E-state index contributed by atoms with van der Waals surface area (Å²) < 4.78 is 32.4. The number of rotatable bonds is 5. The molecular formula is C14H21ClN2O3S. The summed E-state index contributed by atoms with van der Waals surface area (Å²) in [6, 6.07) is 4.46. The summed E-state index contributed by atoms with van der Waals surface area (Å²) in [7, 11) is -2.07. The summed E-state index contributed by atoms with van der Waals surface area (Å²) in [6.45, 7) is 4.31. The second-order valence-corrected chi connectivity index (χ2v) is 7.89. The fourth-order valence-corrected chi connectivity index (χ4v) is 3.98. The van der Waals surface area contributed by atoms with E-state index in [0.29, 0.717) is 12.3 Å². The molecule has 21 heavy (non-hydrogen) atoms. The van der Waals surface area contributed by atoms with Crippen molar-refractivity contribution in [2.45, 2.75) is 24.7 Å². The molecule has 1 unspecified atom stereocenters. The molecule has 0 bridgehead atoms. The number of piperidine rings is 1. The van der Waals surface area contributed by atoms with Crippen LogP contribution in [0.4, 0.5) is 0 Å². The molecule has 0 amide bonds. The van der Waals surface area contributed by atoms with Crippen LogP contribution in [0.1, 0.15) is 19.8 Å². The zero-order valence-electron chi connectivity index (χ0n) is 12.3. The summed E-state index contributed by atoms with van der Waals surface area (Å²) in [5, 5.41) is 3.59. The minimum Gasteiger partial charge on any atom is -0.495 e. The molecule has 5 nitrogen and oxygen atoms in total. The molecule has 1 aliphatic heterocycles. The predicted molar refractivity (Wildman–Crippen MR) is 83.4 cm³/mol. The molecule has 1 heterocycles. The van der Waals surface area contributed by atoms with E-state index in [2.05, 4.69) is 17.0 Å². The maximum Gasteiger partial charge on any atom is 0.240 e. The van der Waals surface area contributed by atoms with Crippen molar-refractivity contribution in [2.24, 2.45) is 5.41 Å². The second-order valence-electron chi connectivity index (χ2n) is 5.71. The quantitative estimate of drug-likeness (QED) is 0.865. The first-order valence-corrected chi connectivity index (χ1v) is 8.76. The molecule has 2 N–H and O–H groups in total. The van der Waals surface area contributed by atoms with E-state index < -0.39 is 10.0 Å². The van der Waals surface area contributed by atoms with Crippen LogP contribution in [0.2, 0.25) is 5.02 Å². The van der Waals surface area contributed by atoms with Gasteiger partial charge < -0.3 is 10.1 Å². The molecule has 7 heteroatoms. The Morgan fingerprint density at radius 3 is 2.81 bits per heavy atom. The fraction of sp³-hybridized carbons (Fsp3) is 0.571. The zero-order valence-corrected chi connectivity index (χ0v) is 13.9. The Hall–Kier alpha value is -0.820. The second kappa shape index (κ2) is 6.52. The number of methoxy groups -OCH3 is 1.